The molecule has 26 heavy (non-hydrogen) atoms. The zero-order valence-corrected chi connectivity index (χ0v) is 14.4. The quantitative estimate of drug-likeness (QED) is 0.751. The number of ether oxygens (including phenoxy) is 2. The topological polar surface area (TPSA) is 83.8 Å². The normalized spacial score (nSPS) is 13.1. The largest absolute Gasteiger partial charge is 0.454 e. The van der Waals surface area contributed by atoms with Gasteiger partial charge in [0.25, 0.3) is 0 Å². The van der Waals surface area contributed by atoms with Gasteiger partial charge in [-0.2, -0.15) is 0 Å². The van der Waals surface area contributed by atoms with Gasteiger partial charge in [-0.25, -0.2) is 13.9 Å². The van der Waals surface area contributed by atoms with E-state index in [-0.39, 0.29) is 38.0 Å². The van der Waals surface area contributed by atoms with E-state index in [4.69, 9.17) is 15.2 Å². The Hall–Kier alpha value is -2.84. The number of nitrogens with two attached hydrogens (primary N) is 1. The molecule has 1 aromatic carbocycles. The van der Waals surface area contributed by atoms with Gasteiger partial charge in [0.05, 0.1) is 12.9 Å². The zero-order chi connectivity index (χ0) is 17.4. The van der Waals surface area contributed by atoms with Crippen molar-refractivity contribution < 1.29 is 13.9 Å². The molecule has 1 aliphatic heterocycles. The number of benzene rings is 1. The maximum atomic E-state index is 12.7. The molecule has 0 fully saturated rings. The Kier molecular flexibility index (Phi) is 4.97. The van der Waals surface area contributed by atoms with Crippen LogP contribution in [0.4, 0.5) is 4.39 Å². The van der Waals surface area contributed by atoms with Gasteiger partial charge in [0.15, 0.2) is 17.1 Å². The highest BCUT2D eigenvalue weighted by atomic mass is 35.5. The molecular weight excluding hydrogens is 363 g/mol. The fourth-order valence-electron chi connectivity index (χ4n) is 2.71. The minimum Gasteiger partial charge on any atom is -0.454 e. The van der Waals surface area contributed by atoms with Crippen molar-refractivity contribution in [2.24, 2.45) is 5.73 Å². The molecule has 0 radical (unpaired) electrons. The second kappa shape index (κ2) is 7.19. The van der Waals surface area contributed by atoms with Gasteiger partial charge in [-0.1, -0.05) is 6.07 Å². The van der Waals surface area contributed by atoms with Crippen LogP contribution in [0.2, 0.25) is 0 Å². The number of hydrogen-bond acceptors (Lipinski definition) is 5. The average molecular weight is 379 g/mol. The lowest BCUT2D eigenvalue weighted by Crippen LogP contribution is -2.23. The first-order valence-corrected chi connectivity index (χ1v) is 7.67. The van der Waals surface area contributed by atoms with Crippen LogP contribution in [0.25, 0.3) is 16.8 Å². The van der Waals surface area contributed by atoms with E-state index in [0.29, 0.717) is 29.0 Å². The SMILES string of the molecule is Cl.NC/C(=C\F)Cn1nc2cc(-c3ccc4c(c3)OCO4)ccn2c1=O. The molecule has 0 saturated carbocycles. The molecule has 0 aliphatic carbocycles. The standard InChI is InChI=1S/C17H15FN4O3.ClH/c18-7-11(8-19)9-22-17(23)21-4-3-13(6-16(21)20-22)12-1-2-14-15(5-12)25-10-24-14;/h1-7H,8-10,19H2;1H/b11-7+;. The van der Waals surface area contributed by atoms with E-state index in [1.807, 2.05) is 24.3 Å². The molecule has 0 unspecified atom stereocenters. The van der Waals surface area contributed by atoms with Crippen LogP contribution < -0.4 is 20.9 Å². The fourth-order valence-corrected chi connectivity index (χ4v) is 2.71. The van der Waals surface area contributed by atoms with Crippen molar-refractivity contribution in [1.82, 2.24) is 14.2 Å². The predicted molar refractivity (Wildman–Crippen MR) is 96.5 cm³/mol. The maximum Gasteiger partial charge on any atom is 0.350 e. The summed E-state index contributed by atoms with van der Waals surface area (Å²) in [6, 6.07) is 9.23. The Bertz CT molecular complexity index is 1040. The monoisotopic (exact) mass is 378 g/mol. The molecule has 1 aliphatic rings. The van der Waals surface area contributed by atoms with Crippen molar-refractivity contribution in [2.45, 2.75) is 6.54 Å². The maximum absolute atomic E-state index is 12.7. The Morgan fingerprint density at radius 2 is 2.00 bits per heavy atom. The number of nitrogens with zero attached hydrogens (tertiary/aromatic N) is 3. The van der Waals surface area contributed by atoms with E-state index in [9.17, 15) is 9.18 Å². The van der Waals surface area contributed by atoms with E-state index in [1.165, 1.54) is 9.08 Å². The number of aromatic nitrogens is 3. The first kappa shape index (κ1) is 18.0. The van der Waals surface area contributed by atoms with E-state index in [0.717, 1.165) is 11.1 Å². The molecule has 136 valence electrons. The predicted octanol–water partition coefficient (Wildman–Crippen LogP) is 2.13. The molecule has 2 N–H and O–H groups in total. The summed E-state index contributed by atoms with van der Waals surface area (Å²) in [4.78, 5) is 12.3. The summed E-state index contributed by atoms with van der Waals surface area (Å²) in [5.74, 6) is 1.39. The fraction of sp³-hybridized carbons (Fsp3) is 0.176. The number of halogens is 2. The molecule has 3 aromatic rings. The van der Waals surface area contributed by atoms with Crippen LogP contribution in [-0.2, 0) is 6.54 Å². The average Bonchev–Trinajstić information content (AvgIpc) is 3.23. The van der Waals surface area contributed by atoms with Crippen LogP contribution in [-0.4, -0.2) is 27.5 Å². The molecule has 2 aromatic heterocycles. The second-order valence-electron chi connectivity index (χ2n) is 5.62. The minimum atomic E-state index is -0.347. The summed E-state index contributed by atoms with van der Waals surface area (Å²) < 4.78 is 26.0. The van der Waals surface area contributed by atoms with Crippen molar-refractivity contribution in [3.05, 3.63) is 58.9 Å². The summed E-state index contributed by atoms with van der Waals surface area (Å²) >= 11 is 0. The summed E-state index contributed by atoms with van der Waals surface area (Å²) in [5.41, 5.74) is 7.65. The Balaban J connectivity index is 0.00000196. The van der Waals surface area contributed by atoms with Gasteiger partial charge in [0.1, 0.15) is 0 Å². The molecular formula is C17H16ClFN4O3. The molecule has 9 heteroatoms. The lowest BCUT2D eigenvalue weighted by atomic mass is 10.1. The molecule has 0 bridgehead atoms. The molecule has 0 spiro atoms. The van der Waals surface area contributed by atoms with Crippen LogP contribution in [0, 0.1) is 0 Å². The van der Waals surface area contributed by atoms with Gasteiger partial charge in [0.2, 0.25) is 6.79 Å². The van der Waals surface area contributed by atoms with Crippen molar-refractivity contribution in [3.8, 4) is 22.6 Å². The van der Waals surface area contributed by atoms with Crippen LogP contribution >= 0.6 is 12.4 Å². The zero-order valence-electron chi connectivity index (χ0n) is 13.6. The molecule has 4 rings (SSSR count). The Morgan fingerprint density at radius 3 is 2.77 bits per heavy atom. The lowest BCUT2D eigenvalue weighted by Gasteiger charge is -2.03. The van der Waals surface area contributed by atoms with Crippen molar-refractivity contribution >= 4 is 18.1 Å². The first-order valence-electron chi connectivity index (χ1n) is 7.67. The molecule has 0 atom stereocenters. The van der Waals surface area contributed by atoms with Crippen LogP contribution in [0.5, 0.6) is 11.5 Å². The molecule has 0 amide bonds. The van der Waals surface area contributed by atoms with E-state index in [1.54, 1.807) is 12.3 Å². The van der Waals surface area contributed by atoms with Crippen molar-refractivity contribution in [2.75, 3.05) is 13.3 Å². The summed E-state index contributed by atoms with van der Waals surface area (Å²) in [6.07, 6.45) is 2.05. The lowest BCUT2D eigenvalue weighted by molar-refractivity contribution is 0.174. The highest BCUT2D eigenvalue weighted by Crippen LogP contribution is 2.35. The minimum absolute atomic E-state index is 0. The van der Waals surface area contributed by atoms with Gasteiger partial charge in [-0.15, -0.1) is 17.5 Å². The Morgan fingerprint density at radius 1 is 1.23 bits per heavy atom. The molecule has 3 heterocycles. The van der Waals surface area contributed by atoms with Gasteiger partial charge in [-0.3, -0.25) is 4.40 Å². The van der Waals surface area contributed by atoms with Crippen molar-refractivity contribution in [1.29, 1.82) is 0 Å². The highest BCUT2D eigenvalue weighted by Gasteiger charge is 2.15. The van der Waals surface area contributed by atoms with E-state index in [2.05, 4.69) is 5.10 Å². The molecule has 0 saturated heterocycles. The van der Waals surface area contributed by atoms with E-state index < -0.39 is 0 Å². The third kappa shape index (κ3) is 3.04. The number of rotatable bonds is 4. The van der Waals surface area contributed by atoms with Gasteiger partial charge in [-0.05, 0) is 41.0 Å². The third-order valence-corrected chi connectivity index (χ3v) is 4.06. The second-order valence-corrected chi connectivity index (χ2v) is 5.62. The van der Waals surface area contributed by atoms with Gasteiger partial charge < -0.3 is 15.2 Å². The van der Waals surface area contributed by atoms with Gasteiger partial charge in [0, 0.05) is 12.7 Å². The number of pyridine rings is 1. The smallest absolute Gasteiger partial charge is 0.350 e. The third-order valence-electron chi connectivity index (χ3n) is 4.06. The first-order chi connectivity index (χ1) is 12.2. The number of hydrogen-bond donors (Lipinski definition) is 1. The van der Waals surface area contributed by atoms with Crippen LogP contribution in [0.1, 0.15) is 0 Å². The highest BCUT2D eigenvalue weighted by molar-refractivity contribution is 5.85. The summed E-state index contributed by atoms with van der Waals surface area (Å²) in [5, 5.41) is 4.25. The van der Waals surface area contributed by atoms with E-state index >= 15 is 0 Å². The molecule has 7 nitrogen and oxygen atoms in total. The summed E-state index contributed by atoms with van der Waals surface area (Å²) in [6.45, 7) is 0.259. The number of fused-ring (bicyclic) bond motifs is 2. The summed E-state index contributed by atoms with van der Waals surface area (Å²) in [7, 11) is 0. The Labute approximate surface area is 153 Å². The van der Waals surface area contributed by atoms with Gasteiger partial charge >= 0.3 is 5.69 Å². The van der Waals surface area contributed by atoms with Crippen LogP contribution in [0.15, 0.2) is 53.2 Å². The van der Waals surface area contributed by atoms with Crippen molar-refractivity contribution in [3.63, 3.8) is 0 Å². The van der Waals surface area contributed by atoms with Crippen LogP contribution in [0.3, 0.4) is 0 Å².